The lowest BCUT2D eigenvalue weighted by Gasteiger charge is -2.27. The fourth-order valence-electron chi connectivity index (χ4n) is 3.97. The number of piperidine rings is 1. The first kappa shape index (κ1) is 21.4. The zero-order valence-electron chi connectivity index (χ0n) is 15.2. The normalized spacial score (nSPS) is 25.2. The van der Waals surface area contributed by atoms with Gasteiger partial charge in [-0.05, 0) is 58.2 Å². The van der Waals surface area contributed by atoms with Crippen LogP contribution < -0.4 is 0 Å². The van der Waals surface area contributed by atoms with E-state index in [1.54, 1.807) is 0 Å². The molecular weight excluding hydrogens is 492 g/mol. The predicted molar refractivity (Wildman–Crippen MR) is 101 cm³/mol. The van der Waals surface area contributed by atoms with Gasteiger partial charge in [-0.15, -0.1) is 0 Å². The minimum atomic E-state index is -4.28. The number of carbonyl (C=O) groups is 1. The van der Waals surface area contributed by atoms with E-state index in [1.807, 2.05) is 0 Å². The van der Waals surface area contributed by atoms with Crippen LogP contribution in [0.5, 0.6) is 0 Å². The lowest BCUT2D eigenvalue weighted by molar-refractivity contribution is -0.124. The number of halogens is 5. The van der Waals surface area contributed by atoms with E-state index in [2.05, 4.69) is 20.9 Å². The van der Waals surface area contributed by atoms with Crippen LogP contribution in [0.2, 0.25) is 0 Å². The third-order valence-electron chi connectivity index (χ3n) is 5.58. The Morgan fingerprint density at radius 1 is 1.23 bits per heavy atom. The van der Waals surface area contributed by atoms with Gasteiger partial charge in [0, 0.05) is 18.9 Å². The maximum atomic E-state index is 14.1. The Balaban J connectivity index is 1.59. The fraction of sp³-hybridized carbons (Fsp3) is 0.368. The fourth-order valence-corrected chi connectivity index (χ4v) is 6.00. The van der Waals surface area contributed by atoms with Gasteiger partial charge in [0.05, 0.1) is 23.1 Å². The molecule has 11 heteroatoms. The van der Waals surface area contributed by atoms with E-state index in [0.717, 1.165) is 34.8 Å². The molecule has 2 aliphatic rings. The summed E-state index contributed by atoms with van der Waals surface area (Å²) in [5.41, 5.74) is 0.162. The van der Waals surface area contributed by atoms with Crippen molar-refractivity contribution in [2.75, 3.05) is 6.54 Å². The van der Waals surface area contributed by atoms with E-state index in [-0.39, 0.29) is 23.3 Å². The van der Waals surface area contributed by atoms with Crippen LogP contribution in [-0.2, 0) is 21.2 Å². The molecule has 1 aliphatic carbocycles. The molecular formula is C19H15BrF4N2O3S. The Hall–Kier alpha value is -1.85. The minimum Gasteiger partial charge on any atom is -0.298 e. The molecule has 2 aromatic rings. The van der Waals surface area contributed by atoms with Crippen LogP contribution in [0.25, 0.3) is 0 Å². The summed E-state index contributed by atoms with van der Waals surface area (Å²) in [7, 11) is -4.28. The zero-order chi connectivity index (χ0) is 21.8. The molecule has 0 spiro atoms. The molecule has 0 unspecified atom stereocenters. The summed E-state index contributed by atoms with van der Waals surface area (Å²) in [4.78, 5) is 16.3. The summed E-state index contributed by atoms with van der Waals surface area (Å²) < 4.78 is 82.1. The molecule has 2 heterocycles. The van der Waals surface area contributed by atoms with Crippen LogP contribution in [0, 0.1) is 23.5 Å². The van der Waals surface area contributed by atoms with Crippen molar-refractivity contribution in [1.29, 1.82) is 0 Å². The Bertz CT molecular complexity index is 1110. The number of Topliss-reactive ketones (excluding diaryl/α,β-unsaturated/α-hetero) is 1. The maximum absolute atomic E-state index is 14.1. The number of rotatable bonds is 6. The van der Waals surface area contributed by atoms with Crippen molar-refractivity contribution in [1.82, 2.24) is 9.29 Å². The average molecular weight is 507 g/mol. The quantitative estimate of drug-likeness (QED) is 0.443. The average Bonchev–Trinajstić information content (AvgIpc) is 3.04. The number of ketones is 1. The van der Waals surface area contributed by atoms with Gasteiger partial charge in [-0.25, -0.2) is 31.0 Å². The van der Waals surface area contributed by atoms with Gasteiger partial charge >= 0.3 is 0 Å². The molecule has 1 aromatic carbocycles. The Morgan fingerprint density at radius 2 is 1.90 bits per heavy atom. The van der Waals surface area contributed by atoms with Crippen LogP contribution in [-0.4, -0.2) is 42.0 Å². The second-order valence-electron chi connectivity index (χ2n) is 7.35. The molecule has 160 valence electrons. The van der Waals surface area contributed by atoms with Gasteiger partial charge in [-0.3, -0.25) is 4.79 Å². The summed E-state index contributed by atoms with van der Waals surface area (Å²) in [6.07, 6.45) is 0.568. The third-order valence-corrected chi connectivity index (χ3v) is 7.88. The van der Waals surface area contributed by atoms with Gasteiger partial charge in [0.15, 0.2) is 5.78 Å². The first-order chi connectivity index (χ1) is 14.0. The molecule has 0 radical (unpaired) electrons. The van der Waals surface area contributed by atoms with E-state index in [9.17, 15) is 30.8 Å². The van der Waals surface area contributed by atoms with Crippen LogP contribution in [0.1, 0.15) is 12.0 Å². The standard InChI is InChI=1S/C19H15BrF4N2O3S/c20-16-7-10(14(22)8-25-16)1-6-15(27)18-17-13(19(17,23)24)9-26(18)30(28,29)12-4-2-11(21)3-5-12/h2-5,7-8,13,17-18H,1,6,9H2/t13-,17-,18+/m0/s1. The summed E-state index contributed by atoms with van der Waals surface area (Å²) >= 11 is 3.09. The highest BCUT2D eigenvalue weighted by Crippen LogP contribution is 2.63. The lowest BCUT2D eigenvalue weighted by atomic mass is 10.0. The minimum absolute atomic E-state index is 0.0876. The second kappa shape index (κ2) is 7.38. The van der Waals surface area contributed by atoms with Gasteiger partial charge < -0.3 is 0 Å². The number of aryl methyl sites for hydroxylation is 1. The molecule has 1 aliphatic heterocycles. The first-order valence-corrected chi connectivity index (χ1v) is 11.2. The Labute approximate surface area is 178 Å². The summed E-state index contributed by atoms with van der Waals surface area (Å²) in [5.74, 6) is -7.79. The topological polar surface area (TPSA) is 67.3 Å². The Morgan fingerprint density at radius 3 is 2.57 bits per heavy atom. The molecule has 3 atom stereocenters. The number of fused-ring (bicyclic) bond motifs is 1. The molecule has 30 heavy (non-hydrogen) atoms. The lowest BCUT2D eigenvalue weighted by Crippen LogP contribution is -2.46. The van der Waals surface area contributed by atoms with E-state index >= 15 is 0 Å². The molecule has 0 N–H and O–H groups in total. The zero-order valence-corrected chi connectivity index (χ0v) is 17.6. The van der Waals surface area contributed by atoms with E-state index in [0.29, 0.717) is 4.60 Å². The van der Waals surface area contributed by atoms with Gasteiger partial charge in [0.25, 0.3) is 5.92 Å². The highest BCUT2D eigenvalue weighted by Gasteiger charge is 2.78. The number of aromatic nitrogens is 1. The Kier molecular flexibility index (Phi) is 5.26. The number of pyridine rings is 1. The highest BCUT2D eigenvalue weighted by atomic mass is 79.9. The van der Waals surface area contributed by atoms with Gasteiger partial charge in [0.2, 0.25) is 10.0 Å². The van der Waals surface area contributed by atoms with Crippen molar-refractivity contribution >= 4 is 31.7 Å². The van der Waals surface area contributed by atoms with Gasteiger partial charge in [-0.1, -0.05) is 0 Å². The van der Waals surface area contributed by atoms with Crippen LogP contribution in [0.3, 0.4) is 0 Å². The van der Waals surface area contributed by atoms with Crippen LogP contribution in [0.15, 0.2) is 46.0 Å². The largest absolute Gasteiger partial charge is 0.298 e. The molecule has 2 fully saturated rings. The third kappa shape index (κ3) is 3.56. The SMILES string of the molecule is O=C(CCc1cc(Br)ncc1F)[C@@H]1[C@@H]2[C@H](CN1S(=O)(=O)c1ccc(F)cc1)C2(F)F. The summed E-state index contributed by atoms with van der Waals surface area (Å²) in [5, 5.41) is 0. The van der Waals surface area contributed by atoms with Crippen LogP contribution in [0.4, 0.5) is 17.6 Å². The predicted octanol–water partition coefficient (Wildman–Crippen LogP) is 3.58. The number of sulfonamides is 1. The summed E-state index contributed by atoms with van der Waals surface area (Å²) in [6, 6.07) is 3.77. The van der Waals surface area contributed by atoms with E-state index in [4.69, 9.17) is 0 Å². The monoisotopic (exact) mass is 506 g/mol. The van der Waals surface area contributed by atoms with Gasteiger partial charge in [0.1, 0.15) is 16.2 Å². The maximum Gasteiger partial charge on any atom is 0.258 e. The van der Waals surface area contributed by atoms with Crippen molar-refractivity contribution in [3.8, 4) is 0 Å². The molecule has 1 saturated carbocycles. The highest BCUT2D eigenvalue weighted by molar-refractivity contribution is 9.10. The smallest absolute Gasteiger partial charge is 0.258 e. The molecule has 4 rings (SSSR count). The van der Waals surface area contributed by atoms with Crippen molar-refractivity contribution in [3.63, 3.8) is 0 Å². The molecule has 1 aromatic heterocycles. The molecule has 1 saturated heterocycles. The number of hydrogen-bond donors (Lipinski definition) is 0. The van der Waals surface area contributed by atoms with E-state index < -0.39 is 57.8 Å². The van der Waals surface area contributed by atoms with Crippen molar-refractivity contribution in [2.24, 2.45) is 11.8 Å². The van der Waals surface area contributed by atoms with E-state index in [1.165, 1.54) is 6.07 Å². The second-order valence-corrected chi connectivity index (χ2v) is 10.0. The van der Waals surface area contributed by atoms with Gasteiger partial charge in [-0.2, -0.15) is 4.31 Å². The molecule has 0 amide bonds. The first-order valence-electron chi connectivity index (χ1n) is 9.01. The van der Waals surface area contributed by atoms with Crippen molar-refractivity contribution in [3.05, 3.63) is 58.3 Å². The number of hydrogen-bond acceptors (Lipinski definition) is 4. The number of nitrogens with zero attached hydrogens (tertiary/aromatic N) is 2. The van der Waals surface area contributed by atoms with Crippen molar-refractivity contribution in [2.45, 2.75) is 29.7 Å². The number of carbonyl (C=O) groups excluding carboxylic acids is 1. The summed E-state index contributed by atoms with van der Waals surface area (Å²) in [6.45, 7) is -0.497. The van der Waals surface area contributed by atoms with Crippen LogP contribution >= 0.6 is 15.9 Å². The van der Waals surface area contributed by atoms with Crippen molar-refractivity contribution < 1.29 is 30.8 Å². The number of alkyl halides is 2. The molecule has 0 bridgehead atoms. The molecule has 5 nitrogen and oxygen atoms in total. The number of benzene rings is 1.